The minimum atomic E-state index is -0.930. The van der Waals surface area contributed by atoms with Gasteiger partial charge in [-0.25, -0.2) is 9.97 Å². The van der Waals surface area contributed by atoms with Crippen LogP contribution in [0, 0.1) is 6.92 Å². The second kappa shape index (κ2) is 7.44. The van der Waals surface area contributed by atoms with Crippen LogP contribution in [0.3, 0.4) is 0 Å². The third-order valence-corrected chi connectivity index (χ3v) is 2.09. The van der Waals surface area contributed by atoms with E-state index in [1.54, 1.807) is 20.1 Å². The van der Waals surface area contributed by atoms with Crippen molar-refractivity contribution in [1.82, 2.24) is 9.97 Å². The number of aromatic nitrogens is 2. The molecule has 1 aromatic heterocycles. The maximum atomic E-state index is 10.5. The number of carbonyl (C=O) groups is 1. The monoisotopic (exact) mass is 254 g/mol. The lowest BCUT2D eigenvalue weighted by Crippen LogP contribution is -2.14. The van der Waals surface area contributed by atoms with Crippen molar-refractivity contribution in [3.63, 3.8) is 0 Å². The number of hydrogen-bond donors (Lipinski definition) is 3. The standard InChI is InChI=1S/C11H18N4O3/c1-8-14-9(12-4-3-5-18-2)6-10(15-8)13-7-11(16)17/h6H,3-5,7H2,1-2H3,(H,16,17)(H2,12,13,14,15). The van der Waals surface area contributed by atoms with Crippen molar-refractivity contribution in [2.45, 2.75) is 13.3 Å². The van der Waals surface area contributed by atoms with E-state index in [1.165, 1.54) is 0 Å². The average molecular weight is 254 g/mol. The summed E-state index contributed by atoms with van der Waals surface area (Å²) in [7, 11) is 1.66. The maximum absolute atomic E-state index is 10.5. The molecule has 18 heavy (non-hydrogen) atoms. The average Bonchev–Trinajstić information content (AvgIpc) is 2.32. The number of methoxy groups -OCH3 is 1. The lowest BCUT2D eigenvalue weighted by Gasteiger charge is -2.08. The molecule has 0 bridgehead atoms. The van der Waals surface area contributed by atoms with E-state index in [9.17, 15) is 4.79 Å². The van der Waals surface area contributed by atoms with Crippen LogP contribution in [-0.2, 0) is 9.53 Å². The number of rotatable bonds is 8. The first-order valence-corrected chi connectivity index (χ1v) is 5.66. The molecule has 0 aliphatic carbocycles. The Hall–Kier alpha value is -1.89. The summed E-state index contributed by atoms with van der Waals surface area (Å²) >= 11 is 0. The molecule has 3 N–H and O–H groups in total. The van der Waals surface area contributed by atoms with E-state index in [1.807, 2.05) is 0 Å². The summed E-state index contributed by atoms with van der Waals surface area (Å²) in [6.45, 7) is 3.01. The quantitative estimate of drug-likeness (QED) is 0.588. The molecule has 7 heteroatoms. The topological polar surface area (TPSA) is 96.4 Å². The van der Waals surface area contributed by atoms with Gasteiger partial charge in [-0.2, -0.15) is 0 Å². The number of hydrogen-bond acceptors (Lipinski definition) is 6. The van der Waals surface area contributed by atoms with Crippen molar-refractivity contribution in [3.8, 4) is 0 Å². The largest absolute Gasteiger partial charge is 0.480 e. The van der Waals surface area contributed by atoms with Crippen molar-refractivity contribution in [2.24, 2.45) is 0 Å². The predicted molar refractivity (Wildman–Crippen MR) is 67.9 cm³/mol. The molecule has 0 aliphatic rings. The van der Waals surface area contributed by atoms with Gasteiger partial charge in [-0.05, 0) is 13.3 Å². The van der Waals surface area contributed by atoms with E-state index in [-0.39, 0.29) is 6.54 Å². The van der Waals surface area contributed by atoms with Gasteiger partial charge in [-0.15, -0.1) is 0 Å². The van der Waals surface area contributed by atoms with E-state index in [0.29, 0.717) is 24.1 Å². The lowest BCUT2D eigenvalue weighted by atomic mass is 10.4. The Morgan fingerprint density at radius 1 is 1.39 bits per heavy atom. The summed E-state index contributed by atoms with van der Waals surface area (Å²) in [6, 6.07) is 1.68. The van der Waals surface area contributed by atoms with Gasteiger partial charge in [-0.3, -0.25) is 4.79 Å². The predicted octanol–water partition coefficient (Wildman–Crippen LogP) is 0.730. The molecule has 0 saturated heterocycles. The Balaban J connectivity index is 2.54. The van der Waals surface area contributed by atoms with Crippen molar-refractivity contribution in [2.75, 3.05) is 37.4 Å². The maximum Gasteiger partial charge on any atom is 0.322 e. The molecule has 1 heterocycles. The Morgan fingerprint density at radius 3 is 2.67 bits per heavy atom. The molecule has 0 radical (unpaired) electrons. The number of nitrogens with zero attached hydrogens (tertiary/aromatic N) is 2. The van der Waals surface area contributed by atoms with Gasteiger partial charge in [0.15, 0.2) is 0 Å². The van der Waals surface area contributed by atoms with Crippen LogP contribution in [0.15, 0.2) is 6.07 Å². The number of carboxylic acid groups (broad SMARTS) is 1. The van der Waals surface area contributed by atoms with Crippen molar-refractivity contribution in [1.29, 1.82) is 0 Å². The Kier molecular flexibility index (Phi) is 5.86. The van der Waals surface area contributed by atoms with Gasteiger partial charge in [-0.1, -0.05) is 0 Å². The van der Waals surface area contributed by atoms with E-state index < -0.39 is 5.97 Å². The number of anilines is 2. The molecule has 0 spiro atoms. The first-order chi connectivity index (χ1) is 8.61. The number of aliphatic carboxylic acids is 1. The minimum Gasteiger partial charge on any atom is -0.480 e. The molecule has 0 amide bonds. The van der Waals surface area contributed by atoms with Gasteiger partial charge >= 0.3 is 5.97 Å². The second-order valence-electron chi connectivity index (χ2n) is 3.71. The highest BCUT2D eigenvalue weighted by Gasteiger charge is 2.03. The van der Waals surface area contributed by atoms with E-state index in [4.69, 9.17) is 9.84 Å². The zero-order valence-electron chi connectivity index (χ0n) is 10.6. The highest BCUT2D eigenvalue weighted by Crippen LogP contribution is 2.10. The summed E-state index contributed by atoms with van der Waals surface area (Å²) < 4.78 is 4.94. The molecular weight excluding hydrogens is 236 g/mol. The number of nitrogens with one attached hydrogen (secondary N) is 2. The van der Waals surface area contributed by atoms with Gasteiger partial charge in [0.05, 0.1) is 0 Å². The van der Waals surface area contributed by atoms with E-state index >= 15 is 0 Å². The molecule has 7 nitrogen and oxygen atoms in total. The van der Waals surface area contributed by atoms with Gasteiger partial charge in [0, 0.05) is 26.3 Å². The van der Waals surface area contributed by atoms with Crippen LogP contribution in [0.2, 0.25) is 0 Å². The fourth-order valence-corrected chi connectivity index (χ4v) is 1.35. The van der Waals surface area contributed by atoms with E-state index in [0.717, 1.165) is 13.0 Å². The van der Waals surface area contributed by atoms with Crippen LogP contribution in [0.1, 0.15) is 12.2 Å². The Morgan fingerprint density at radius 2 is 2.06 bits per heavy atom. The van der Waals surface area contributed by atoms with Crippen LogP contribution < -0.4 is 10.6 Å². The zero-order chi connectivity index (χ0) is 13.4. The SMILES string of the molecule is COCCCNc1cc(NCC(=O)O)nc(C)n1. The van der Waals surface area contributed by atoms with Gasteiger partial charge < -0.3 is 20.5 Å². The second-order valence-corrected chi connectivity index (χ2v) is 3.71. The fraction of sp³-hybridized carbons (Fsp3) is 0.545. The zero-order valence-corrected chi connectivity index (χ0v) is 10.6. The summed E-state index contributed by atoms with van der Waals surface area (Å²) in [5.41, 5.74) is 0. The number of carboxylic acids is 1. The minimum absolute atomic E-state index is 0.167. The number of ether oxygens (including phenoxy) is 1. The third-order valence-electron chi connectivity index (χ3n) is 2.09. The Labute approximate surface area is 106 Å². The first-order valence-electron chi connectivity index (χ1n) is 5.66. The van der Waals surface area contributed by atoms with E-state index in [2.05, 4.69) is 20.6 Å². The van der Waals surface area contributed by atoms with Crippen LogP contribution in [0.4, 0.5) is 11.6 Å². The Bertz CT molecular complexity index is 398. The summed E-state index contributed by atoms with van der Waals surface area (Å²) in [4.78, 5) is 18.8. The molecule has 0 unspecified atom stereocenters. The van der Waals surface area contributed by atoms with Gasteiger partial charge in [0.25, 0.3) is 0 Å². The highest BCUT2D eigenvalue weighted by molar-refractivity contribution is 5.72. The van der Waals surface area contributed by atoms with Crippen LogP contribution in [-0.4, -0.2) is 47.8 Å². The fourth-order valence-electron chi connectivity index (χ4n) is 1.35. The first kappa shape index (κ1) is 14.2. The van der Waals surface area contributed by atoms with Gasteiger partial charge in [0.1, 0.15) is 24.0 Å². The third kappa shape index (κ3) is 5.44. The van der Waals surface area contributed by atoms with Crippen LogP contribution in [0.25, 0.3) is 0 Å². The number of aryl methyl sites for hydroxylation is 1. The highest BCUT2D eigenvalue weighted by atomic mass is 16.5. The normalized spacial score (nSPS) is 10.1. The molecule has 0 aromatic carbocycles. The van der Waals surface area contributed by atoms with Gasteiger partial charge in [0.2, 0.25) is 0 Å². The molecule has 1 aromatic rings. The van der Waals surface area contributed by atoms with Crippen molar-refractivity contribution in [3.05, 3.63) is 11.9 Å². The molecule has 0 fully saturated rings. The smallest absolute Gasteiger partial charge is 0.322 e. The van der Waals surface area contributed by atoms with Crippen LogP contribution in [0.5, 0.6) is 0 Å². The molecule has 0 saturated carbocycles. The van der Waals surface area contributed by atoms with Crippen molar-refractivity contribution < 1.29 is 14.6 Å². The summed E-state index contributed by atoms with van der Waals surface area (Å²) in [5.74, 6) is 0.825. The molecule has 0 aliphatic heterocycles. The summed E-state index contributed by atoms with van der Waals surface area (Å²) in [5, 5.41) is 14.4. The molecule has 1 rings (SSSR count). The summed E-state index contributed by atoms with van der Waals surface area (Å²) in [6.07, 6.45) is 0.872. The lowest BCUT2D eigenvalue weighted by molar-refractivity contribution is -0.134. The molecule has 0 atom stereocenters. The van der Waals surface area contributed by atoms with Crippen LogP contribution >= 0.6 is 0 Å². The van der Waals surface area contributed by atoms with Crippen molar-refractivity contribution >= 4 is 17.6 Å². The molecule has 100 valence electrons. The molecular formula is C11H18N4O3.